The molecule has 0 N–H and O–H groups in total. The third-order valence-electron chi connectivity index (χ3n) is 6.59. The van der Waals surface area contributed by atoms with Crippen LogP contribution in [0.5, 0.6) is 0 Å². The minimum atomic E-state index is 1.05. The summed E-state index contributed by atoms with van der Waals surface area (Å²) in [4.78, 5) is 4.71. The Balaban J connectivity index is 1.23. The number of hydrogen-bond donors (Lipinski definition) is 0. The van der Waals surface area contributed by atoms with Gasteiger partial charge in [-0.3, -0.25) is 4.98 Å². The molecule has 0 radical (unpaired) electrons. The van der Waals surface area contributed by atoms with Crippen LogP contribution in [-0.4, -0.2) is 4.98 Å². The van der Waals surface area contributed by atoms with Gasteiger partial charge in [0.05, 0.1) is 5.69 Å². The van der Waals surface area contributed by atoms with Gasteiger partial charge in [0.1, 0.15) is 0 Å². The second-order valence-corrected chi connectivity index (χ2v) is 9.06. The van der Waals surface area contributed by atoms with Crippen LogP contribution in [0, 0.1) is 0 Å². The molecule has 5 rings (SSSR count). The molecular weight excluding hydrogens is 410 g/mol. The highest BCUT2D eigenvalue weighted by molar-refractivity contribution is 5.95. The summed E-state index contributed by atoms with van der Waals surface area (Å²) in [5.74, 6) is 0. The van der Waals surface area contributed by atoms with Crippen LogP contribution in [0.25, 0.3) is 33.2 Å². The topological polar surface area (TPSA) is 12.9 Å². The average Bonchev–Trinajstić information content (AvgIpc) is 2.91. The van der Waals surface area contributed by atoms with E-state index < -0.39 is 0 Å². The van der Waals surface area contributed by atoms with Crippen LogP contribution in [0.4, 0.5) is 0 Å². The van der Waals surface area contributed by atoms with Crippen LogP contribution in [0.3, 0.4) is 0 Å². The van der Waals surface area contributed by atoms with E-state index in [0.717, 1.165) is 17.7 Å². The highest BCUT2D eigenvalue weighted by atomic mass is 14.7. The van der Waals surface area contributed by atoms with Gasteiger partial charge in [-0.05, 0) is 65.5 Å². The zero-order chi connectivity index (χ0) is 23.0. The van der Waals surface area contributed by atoms with Crippen LogP contribution in [-0.2, 0) is 12.8 Å². The van der Waals surface area contributed by atoms with Crippen LogP contribution < -0.4 is 0 Å². The van der Waals surface area contributed by atoms with Crippen molar-refractivity contribution in [1.82, 2.24) is 4.98 Å². The summed E-state index contributed by atoms with van der Waals surface area (Å²) >= 11 is 0. The van der Waals surface area contributed by atoms with E-state index in [2.05, 4.69) is 109 Å². The molecule has 34 heavy (non-hydrogen) atoms. The maximum Gasteiger partial charge on any atom is 0.0780 e. The highest BCUT2D eigenvalue weighted by Gasteiger charge is 2.07. The summed E-state index contributed by atoms with van der Waals surface area (Å²) in [6, 6.07) is 39.2. The van der Waals surface area contributed by atoms with Crippen LogP contribution >= 0.6 is 0 Å². The minimum Gasteiger partial charge on any atom is -0.256 e. The molecule has 0 aliphatic carbocycles. The lowest BCUT2D eigenvalue weighted by molar-refractivity contribution is 0.640. The number of fused-ring (bicyclic) bond motifs is 1. The van der Waals surface area contributed by atoms with Crippen molar-refractivity contribution < 1.29 is 0 Å². The van der Waals surface area contributed by atoms with Crippen molar-refractivity contribution in [3.8, 4) is 22.4 Å². The Morgan fingerprint density at radius 2 is 1.12 bits per heavy atom. The molecule has 168 valence electrons. The van der Waals surface area contributed by atoms with Gasteiger partial charge in [0.2, 0.25) is 0 Å². The molecular formula is C33H31N. The number of pyridine rings is 1. The summed E-state index contributed by atoms with van der Waals surface area (Å²) in [5, 5.41) is 2.42. The molecule has 1 nitrogen and oxygen atoms in total. The number of benzene rings is 4. The molecule has 0 fully saturated rings. The number of rotatable bonds is 9. The summed E-state index contributed by atoms with van der Waals surface area (Å²) < 4.78 is 0. The summed E-state index contributed by atoms with van der Waals surface area (Å²) in [5.41, 5.74) is 7.62. The third kappa shape index (κ3) is 5.43. The molecule has 0 unspecified atom stereocenters. The maximum atomic E-state index is 4.71. The lowest BCUT2D eigenvalue weighted by atomic mass is 9.96. The predicted octanol–water partition coefficient (Wildman–Crippen LogP) is 8.91. The maximum absolute atomic E-state index is 4.71. The molecule has 5 aromatic rings. The SMILES string of the molecule is c1ccc(CCCCCCc2cccc(-c3cccc(-c4nccc5ccccc45)c3)c2)cc1. The molecule has 0 amide bonds. The van der Waals surface area contributed by atoms with Gasteiger partial charge in [-0.2, -0.15) is 0 Å². The fourth-order valence-electron chi connectivity index (χ4n) is 4.76. The van der Waals surface area contributed by atoms with E-state index in [4.69, 9.17) is 4.98 Å². The first kappa shape index (κ1) is 22.1. The van der Waals surface area contributed by atoms with Crippen LogP contribution in [0.15, 0.2) is 115 Å². The largest absolute Gasteiger partial charge is 0.256 e. The average molecular weight is 442 g/mol. The van der Waals surface area contributed by atoms with Gasteiger partial charge >= 0.3 is 0 Å². The Morgan fingerprint density at radius 1 is 0.471 bits per heavy atom. The van der Waals surface area contributed by atoms with E-state index in [1.807, 2.05) is 6.20 Å². The van der Waals surface area contributed by atoms with E-state index in [9.17, 15) is 0 Å². The van der Waals surface area contributed by atoms with Crippen molar-refractivity contribution in [2.75, 3.05) is 0 Å². The van der Waals surface area contributed by atoms with Gasteiger partial charge in [-0.1, -0.05) is 110 Å². The van der Waals surface area contributed by atoms with E-state index in [0.29, 0.717) is 0 Å². The Morgan fingerprint density at radius 3 is 1.97 bits per heavy atom. The van der Waals surface area contributed by atoms with Crippen molar-refractivity contribution in [3.63, 3.8) is 0 Å². The Kier molecular flexibility index (Phi) is 7.11. The fourth-order valence-corrected chi connectivity index (χ4v) is 4.76. The van der Waals surface area contributed by atoms with E-state index in [1.54, 1.807) is 0 Å². The molecule has 0 atom stereocenters. The lowest BCUT2D eigenvalue weighted by Crippen LogP contribution is -1.90. The van der Waals surface area contributed by atoms with Crippen molar-refractivity contribution in [2.45, 2.75) is 38.5 Å². The van der Waals surface area contributed by atoms with Crippen LogP contribution in [0.2, 0.25) is 0 Å². The van der Waals surface area contributed by atoms with E-state index in [1.165, 1.54) is 65.1 Å². The van der Waals surface area contributed by atoms with Gasteiger partial charge in [0.15, 0.2) is 0 Å². The molecule has 4 aromatic carbocycles. The van der Waals surface area contributed by atoms with Crippen molar-refractivity contribution in [2.24, 2.45) is 0 Å². The van der Waals surface area contributed by atoms with Crippen molar-refractivity contribution in [1.29, 1.82) is 0 Å². The molecule has 0 spiro atoms. The number of nitrogens with zero attached hydrogens (tertiary/aromatic N) is 1. The standard InChI is InChI=1S/C33H31N/c1(4-12-26-13-6-3-7-14-26)2-5-15-27-16-10-18-29(24-27)30-19-11-20-31(25-30)33-32-21-9-8-17-28(32)22-23-34-33/h3,6-11,13-14,16-25H,1-2,4-5,12,15H2. The summed E-state index contributed by atoms with van der Waals surface area (Å²) in [6.45, 7) is 0. The van der Waals surface area contributed by atoms with E-state index in [-0.39, 0.29) is 0 Å². The molecule has 1 heterocycles. The smallest absolute Gasteiger partial charge is 0.0780 e. The van der Waals surface area contributed by atoms with Gasteiger partial charge in [-0.15, -0.1) is 0 Å². The molecule has 0 bridgehead atoms. The summed E-state index contributed by atoms with van der Waals surface area (Å²) in [6.07, 6.45) is 9.36. The third-order valence-corrected chi connectivity index (χ3v) is 6.59. The molecule has 0 saturated carbocycles. The minimum absolute atomic E-state index is 1.05. The molecule has 1 heteroatoms. The van der Waals surface area contributed by atoms with Crippen molar-refractivity contribution in [3.05, 3.63) is 127 Å². The Labute approximate surface area is 203 Å². The number of unbranched alkanes of at least 4 members (excludes halogenated alkanes) is 3. The number of aryl methyl sites for hydroxylation is 2. The first-order valence-electron chi connectivity index (χ1n) is 12.4. The van der Waals surface area contributed by atoms with Crippen LogP contribution in [0.1, 0.15) is 36.8 Å². The summed E-state index contributed by atoms with van der Waals surface area (Å²) in [7, 11) is 0. The fraction of sp³-hybridized carbons (Fsp3) is 0.182. The molecule has 0 aliphatic heterocycles. The molecule has 0 aliphatic rings. The molecule has 0 saturated heterocycles. The Hall–Kier alpha value is -3.71. The van der Waals surface area contributed by atoms with Gasteiger partial charge in [-0.25, -0.2) is 0 Å². The van der Waals surface area contributed by atoms with Crippen molar-refractivity contribution >= 4 is 10.8 Å². The van der Waals surface area contributed by atoms with E-state index >= 15 is 0 Å². The zero-order valence-corrected chi connectivity index (χ0v) is 19.7. The molecule has 1 aromatic heterocycles. The predicted molar refractivity (Wildman–Crippen MR) is 145 cm³/mol. The lowest BCUT2D eigenvalue weighted by Gasteiger charge is -2.10. The first-order chi connectivity index (χ1) is 16.9. The second kappa shape index (κ2) is 10.9. The second-order valence-electron chi connectivity index (χ2n) is 9.06. The van der Waals surface area contributed by atoms with Gasteiger partial charge in [0, 0.05) is 17.1 Å². The van der Waals surface area contributed by atoms with Gasteiger partial charge < -0.3 is 0 Å². The first-order valence-corrected chi connectivity index (χ1v) is 12.4. The Bertz CT molecular complexity index is 1350. The quantitative estimate of drug-likeness (QED) is 0.208. The normalized spacial score (nSPS) is 11.1. The monoisotopic (exact) mass is 441 g/mol. The van der Waals surface area contributed by atoms with Gasteiger partial charge in [0.25, 0.3) is 0 Å². The number of hydrogen-bond acceptors (Lipinski definition) is 1. The highest BCUT2D eigenvalue weighted by Crippen LogP contribution is 2.30. The zero-order valence-electron chi connectivity index (χ0n) is 19.7. The number of aromatic nitrogens is 1.